The third-order valence-electron chi connectivity index (χ3n) is 2.45. The van der Waals surface area contributed by atoms with Crippen LogP contribution in [-0.2, 0) is 0 Å². The quantitative estimate of drug-likeness (QED) is 0.777. The van der Waals surface area contributed by atoms with E-state index in [1.807, 2.05) is 19.1 Å². The molecule has 0 aliphatic rings. The standard InChI is InChI=1S/C12H19NO.ClH/c1-8-5-6-9(10(14)7-8)11(13)12(2,3)4;/h5-7,11,14H,13H2,1-4H3;1H/t11-;/m1./s1. The van der Waals surface area contributed by atoms with E-state index < -0.39 is 0 Å². The number of hydrogen-bond acceptors (Lipinski definition) is 2. The van der Waals surface area contributed by atoms with E-state index in [9.17, 15) is 5.11 Å². The Morgan fingerprint density at radius 2 is 1.80 bits per heavy atom. The molecule has 86 valence electrons. The third kappa shape index (κ3) is 3.40. The minimum atomic E-state index is -0.136. The highest BCUT2D eigenvalue weighted by molar-refractivity contribution is 5.85. The predicted molar refractivity (Wildman–Crippen MR) is 66.5 cm³/mol. The minimum Gasteiger partial charge on any atom is -0.508 e. The Kier molecular flexibility index (Phi) is 4.63. The zero-order valence-corrected chi connectivity index (χ0v) is 10.6. The molecule has 1 atom stereocenters. The molecule has 0 saturated carbocycles. The van der Waals surface area contributed by atoms with Crippen LogP contribution in [0.15, 0.2) is 18.2 Å². The van der Waals surface area contributed by atoms with Crippen molar-refractivity contribution < 1.29 is 5.11 Å². The van der Waals surface area contributed by atoms with Crippen LogP contribution in [-0.4, -0.2) is 5.11 Å². The lowest BCUT2D eigenvalue weighted by Gasteiger charge is -2.28. The first kappa shape index (κ1) is 14.3. The second-order valence-corrected chi connectivity index (χ2v) is 4.91. The van der Waals surface area contributed by atoms with Gasteiger partial charge in [-0.25, -0.2) is 0 Å². The number of halogens is 1. The minimum absolute atomic E-state index is 0. The van der Waals surface area contributed by atoms with Gasteiger partial charge in [0, 0.05) is 11.6 Å². The van der Waals surface area contributed by atoms with E-state index in [-0.39, 0.29) is 23.9 Å². The van der Waals surface area contributed by atoms with Crippen LogP contribution in [0.4, 0.5) is 0 Å². The Morgan fingerprint density at radius 3 is 2.20 bits per heavy atom. The summed E-state index contributed by atoms with van der Waals surface area (Å²) in [6.07, 6.45) is 0. The monoisotopic (exact) mass is 229 g/mol. The topological polar surface area (TPSA) is 46.2 Å². The van der Waals surface area contributed by atoms with Gasteiger partial charge in [0.05, 0.1) is 0 Å². The first-order valence-corrected chi connectivity index (χ1v) is 4.87. The summed E-state index contributed by atoms with van der Waals surface area (Å²) in [6, 6.07) is 5.49. The second-order valence-electron chi connectivity index (χ2n) is 4.91. The normalized spacial score (nSPS) is 13.1. The van der Waals surface area contributed by atoms with Gasteiger partial charge < -0.3 is 10.8 Å². The van der Waals surface area contributed by atoms with Gasteiger partial charge in [0.15, 0.2) is 0 Å². The van der Waals surface area contributed by atoms with E-state index >= 15 is 0 Å². The molecule has 1 aromatic carbocycles. The molecule has 3 N–H and O–H groups in total. The molecule has 0 fully saturated rings. The highest BCUT2D eigenvalue weighted by Gasteiger charge is 2.24. The Bertz CT molecular complexity index is 331. The van der Waals surface area contributed by atoms with Crippen LogP contribution in [0.3, 0.4) is 0 Å². The van der Waals surface area contributed by atoms with Gasteiger partial charge in [0.2, 0.25) is 0 Å². The molecule has 15 heavy (non-hydrogen) atoms. The number of phenols is 1. The van der Waals surface area contributed by atoms with Crippen molar-refractivity contribution in [1.82, 2.24) is 0 Å². The van der Waals surface area contributed by atoms with Crippen molar-refractivity contribution in [3.05, 3.63) is 29.3 Å². The summed E-state index contributed by atoms with van der Waals surface area (Å²) in [5.74, 6) is 0.299. The van der Waals surface area contributed by atoms with Gasteiger partial charge in [-0.3, -0.25) is 0 Å². The molecule has 0 amide bonds. The van der Waals surface area contributed by atoms with Gasteiger partial charge in [-0.1, -0.05) is 32.9 Å². The summed E-state index contributed by atoms with van der Waals surface area (Å²) in [5.41, 5.74) is 7.90. The van der Waals surface area contributed by atoms with Crippen LogP contribution in [0.25, 0.3) is 0 Å². The van der Waals surface area contributed by atoms with Crippen molar-refractivity contribution in [3.8, 4) is 5.75 Å². The Hall–Kier alpha value is -0.730. The maximum absolute atomic E-state index is 9.75. The lowest BCUT2D eigenvalue weighted by Crippen LogP contribution is -2.26. The SMILES string of the molecule is Cc1ccc([C@@H](N)C(C)(C)C)c(O)c1.Cl. The van der Waals surface area contributed by atoms with Crippen LogP contribution in [0, 0.1) is 12.3 Å². The predicted octanol–water partition coefficient (Wildman–Crippen LogP) is 3.17. The first-order valence-electron chi connectivity index (χ1n) is 4.87. The van der Waals surface area contributed by atoms with E-state index in [0.717, 1.165) is 11.1 Å². The summed E-state index contributed by atoms with van der Waals surface area (Å²) in [6.45, 7) is 8.15. The highest BCUT2D eigenvalue weighted by Crippen LogP contribution is 2.35. The summed E-state index contributed by atoms with van der Waals surface area (Å²) in [7, 11) is 0. The molecule has 0 spiro atoms. The van der Waals surface area contributed by atoms with E-state index in [2.05, 4.69) is 20.8 Å². The number of aryl methyl sites for hydroxylation is 1. The lowest BCUT2D eigenvalue weighted by atomic mass is 9.82. The Labute approximate surface area is 97.9 Å². The molecule has 0 unspecified atom stereocenters. The van der Waals surface area contributed by atoms with Gasteiger partial charge >= 0.3 is 0 Å². The molecule has 3 heteroatoms. The maximum atomic E-state index is 9.75. The van der Waals surface area contributed by atoms with Crippen LogP contribution in [0.5, 0.6) is 5.75 Å². The second kappa shape index (κ2) is 4.86. The fourth-order valence-electron chi connectivity index (χ4n) is 1.38. The van der Waals surface area contributed by atoms with E-state index in [1.54, 1.807) is 6.07 Å². The highest BCUT2D eigenvalue weighted by atomic mass is 35.5. The molecule has 2 nitrogen and oxygen atoms in total. The molecule has 0 radical (unpaired) electrons. The van der Waals surface area contributed by atoms with E-state index in [4.69, 9.17) is 5.73 Å². The lowest BCUT2D eigenvalue weighted by molar-refractivity contribution is 0.317. The molecule has 0 aliphatic carbocycles. The Morgan fingerprint density at radius 1 is 1.27 bits per heavy atom. The molecule has 0 bridgehead atoms. The van der Waals surface area contributed by atoms with E-state index in [1.165, 1.54) is 0 Å². The van der Waals surface area contributed by atoms with Crippen LogP contribution < -0.4 is 5.73 Å². The molecule has 1 rings (SSSR count). The average molecular weight is 230 g/mol. The largest absolute Gasteiger partial charge is 0.508 e. The third-order valence-corrected chi connectivity index (χ3v) is 2.45. The average Bonchev–Trinajstić information content (AvgIpc) is 2.01. The van der Waals surface area contributed by atoms with Gasteiger partial charge in [0.25, 0.3) is 0 Å². The number of benzene rings is 1. The number of hydrogen-bond donors (Lipinski definition) is 2. The number of nitrogens with two attached hydrogens (primary N) is 1. The summed E-state index contributed by atoms with van der Waals surface area (Å²) in [4.78, 5) is 0. The summed E-state index contributed by atoms with van der Waals surface area (Å²) in [5, 5.41) is 9.75. The van der Waals surface area contributed by atoms with Gasteiger partial charge in [-0.15, -0.1) is 12.4 Å². The van der Waals surface area contributed by atoms with Crippen molar-refractivity contribution in [2.75, 3.05) is 0 Å². The molecule has 0 heterocycles. The summed E-state index contributed by atoms with van der Waals surface area (Å²) < 4.78 is 0. The number of phenolic OH excluding ortho intramolecular Hbond substituents is 1. The van der Waals surface area contributed by atoms with Gasteiger partial charge in [-0.05, 0) is 24.0 Å². The molecule has 0 aliphatic heterocycles. The van der Waals surface area contributed by atoms with Crippen LogP contribution >= 0.6 is 12.4 Å². The zero-order chi connectivity index (χ0) is 10.9. The smallest absolute Gasteiger partial charge is 0.120 e. The molecule has 0 aromatic heterocycles. The zero-order valence-electron chi connectivity index (χ0n) is 9.74. The molecular weight excluding hydrogens is 210 g/mol. The number of aromatic hydroxyl groups is 1. The molecular formula is C12H20ClNO. The van der Waals surface area contributed by atoms with Crippen molar-refractivity contribution in [2.45, 2.75) is 33.7 Å². The van der Waals surface area contributed by atoms with Crippen molar-refractivity contribution in [3.63, 3.8) is 0 Å². The Balaban J connectivity index is 0.00000196. The summed E-state index contributed by atoms with van der Waals surface area (Å²) >= 11 is 0. The van der Waals surface area contributed by atoms with Crippen LogP contribution in [0.1, 0.15) is 37.9 Å². The van der Waals surface area contributed by atoms with Crippen molar-refractivity contribution >= 4 is 12.4 Å². The molecule has 1 aromatic rings. The van der Waals surface area contributed by atoms with E-state index in [0.29, 0.717) is 5.75 Å². The van der Waals surface area contributed by atoms with Gasteiger partial charge in [0.1, 0.15) is 5.75 Å². The van der Waals surface area contributed by atoms with Crippen molar-refractivity contribution in [1.29, 1.82) is 0 Å². The fourth-order valence-corrected chi connectivity index (χ4v) is 1.38. The maximum Gasteiger partial charge on any atom is 0.120 e. The fraction of sp³-hybridized carbons (Fsp3) is 0.500. The van der Waals surface area contributed by atoms with Crippen molar-refractivity contribution in [2.24, 2.45) is 11.1 Å². The molecule has 0 saturated heterocycles. The first-order chi connectivity index (χ1) is 6.32. The van der Waals surface area contributed by atoms with Crippen LogP contribution in [0.2, 0.25) is 0 Å². The van der Waals surface area contributed by atoms with Gasteiger partial charge in [-0.2, -0.15) is 0 Å². The number of rotatable bonds is 1.